The number of hydrazine groups is 1. The van der Waals surface area contributed by atoms with Crippen molar-refractivity contribution in [3.05, 3.63) is 24.3 Å². The van der Waals surface area contributed by atoms with Crippen LogP contribution >= 0.6 is 0 Å². The number of benzene rings is 1. The molecule has 0 aliphatic heterocycles. The lowest BCUT2D eigenvalue weighted by Gasteiger charge is -2.09. The van der Waals surface area contributed by atoms with Gasteiger partial charge in [0.2, 0.25) is 5.96 Å². The minimum absolute atomic E-state index is 0.0937. The first-order valence-electron chi connectivity index (χ1n) is 4.41. The molecule has 0 atom stereocenters. The number of hydrogen-bond donors (Lipinski definition) is 3. The van der Waals surface area contributed by atoms with Crippen LogP contribution in [0, 0.1) is 0 Å². The molecular formula is C9H12F2N4O. The first-order valence-corrected chi connectivity index (χ1v) is 4.41. The van der Waals surface area contributed by atoms with E-state index in [0.29, 0.717) is 11.6 Å². The van der Waals surface area contributed by atoms with Crippen LogP contribution in [0.4, 0.5) is 14.5 Å². The zero-order chi connectivity index (χ0) is 12.0. The van der Waals surface area contributed by atoms with Gasteiger partial charge in [-0.25, -0.2) is 5.84 Å². The second-order valence-electron chi connectivity index (χ2n) is 2.74. The van der Waals surface area contributed by atoms with Gasteiger partial charge in [0.15, 0.2) is 0 Å². The maximum Gasteiger partial charge on any atom is 0.387 e. The van der Waals surface area contributed by atoms with Crippen LogP contribution in [0.2, 0.25) is 0 Å². The van der Waals surface area contributed by atoms with E-state index in [9.17, 15) is 8.78 Å². The van der Waals surface area contributed by atoms with Crippen LogP contribution in [0.1, 0.15) is 0 Å². The molecule has 0 aromatic heterocycles. The molecule has 0 amide bonds. The van der Waals surface area contributed by atoms with Crippen molar-refractivity contribution in [1.29, 1.82) is 0 Å². The second kappa shape index (κ2) is 5.86. The molecule has 4 N–H and O–H groups in total. The molecule has 0 saturated heterocycles. The van der Waals surface area contributed by atoms with Crippen molar-refractivity contribution < 1.29 is 13.5 Å². The first-order chi connectivity index (χ1) is 7.65. The topological polar surface area (TPSA) is 71.7 Å². The Balaban J connectivity index is 2.64. The van der Waals surface area contributed by atoms with Crippen molar-refractivity contribution in [3.63, 3.8) is 0 Å². The third-order valence-electron chi connectivity index (χ3n) is 1.70. The van der Waals surface area contributed by atoms with E-state index in [1.807, 2.05) is 0 Å². The van der Waals surface area contributed by atoms with Gasteiger partial charge < -0.3 is 10.1 Å². The number of ether oxygens (including phenoxy) is 1. The number of nitrogens with two attached hydrogens (primary N) is 1. The molecule has 0 unspecified atom stereocenters. The molecule has 0 bridgehead atoms. The van der Waals surface area contributed by atoms with E-state index < -0.39 is 6.61 Å². The van der Waals surface area contributed by atoms with Crippen LogP contribution in [0.25, 0.3) is 0 Å². The molecule has 0 saturated carbocycles. The molecule has 0 radical (unpaired) electrons. The SMILES string of the molecule is CN=C(NN)Nc1ccc(OC(F)F)cc1. The highest BCUT2D eigenvalue weighted by atomic mass is 19.3. The Labute approximate surface area is 91.3 Å². The summed E-state index contributed by atoms with van der Waals surface area (Å²) in [6.07, 6.45) is 0. The van der Waals surface area contributed by atoms with Crippen molar-refractivity contribution >= 4 is 11.6 Å². The van der Waals surface area contributed by atoms with Gasteiger partial charge >= 0.3 is 6.61 Å². The maximum absolute atomic E-state index is 11.9. The van der Waals surface area contributed by atoms with E-state index in [-0.39, 0.29) is 5.75 Å². The number of hydrogen-bond acceptors (Lipinski definition) is 3. The molecule has 7 heteroatoms. The average Bonchev–Trinajstić information content (AvgIpc) is 2.27. The van der Waals surface area contributed by atoms with Crippen LogP contribution < -0.4 is 21.3 Å². The number of alkyl halides is 2. The summed E-state index contributed by atoms with van der Waals surface area (Å²) in [6, 6.07) is 5.97. The van der Waals surface area contributed by atoms with Gasteiger partial charge in [0.1, 0.15) is 5.75 Å². The number of nitrogens with zero attached hydrogens (tertiary/aromatic N) is 1. The molecular weight excluding hydrogens is 218 g/mol. The van der Waals surface area contributed by atoms with Gasteiger partial charge in [-0.1, -0.05) is 0 Å². The van der Waals surface area contributed by atoms with Crippen molar-refractivity contribution in [2.75, 3.05) is 12.4 Å². The second-order valence-corrected chi connectivity index (χ2v) is 2.74. The van der Waals surface area contributed by atoms with Crippen LogP contribution in [-0.2, 0) is 0 Å². The van der Waals surface area contributed by atoms with Crippen molar-refractivity contribution in [1.82, 2.24) is 5.43 Å². The zero-order valence-corrected chi connectivity index (χ0v) is 8.58. The van der Waals surface area contributed by atoms with E-state index in [1.165, 1.54) is 12.1 Å². The van der Waals surface area contributed by atoms with Gasteiger partial charge in [0, 0.05) is 12.7 Å². The lowest BCUT2D eigenvalue weighted by molar-refractivity contribution is -0.0498. The fourth-order valence-corrected chi connectivity index (χ4v) is 1.01. The van der Waals surface area contributed by atoms with Gasteiger partial charge in [0.25, 0.3) is 0 Å². The Kier molecular flexibility index (Phi) is 4.46. The summed E-state index contributed by atoms with van der Waals surface area (Å²) < 4.78 is 27.9. The monoisotopic (exact) mass is 230 g/mol. The smallest absolute Gasteiger partial charge is 0.387 e. The number of rotatable bonds is 3. The molecule has 1 rings (SSSR count). The van der Waals surface area contributed by atoms with Crippen LogP contribution in [0.5, 0.6) is 5.75 Å². The predicted molar refractivity (Wildman–Crippen MR) is 57.4 cm³/mol. The molecule has 0 spiro atoms. The molecule has 0 aliphatic carbocycles. The fraction of sp³-hybridized carbons (Fsp3) is 0.222. The Morgan fingerprint density at radius 2 is 2.00 bits per heavy atom. The van der Waals surface area contributed by atoms with E-state index in [0.717, 1.165) is 0 Å². The van der Waals surface area contributed by atoms with Gasteiger partial charge in [-0.3, -0.25) is 10.4 Å². The number of aliphatic imine (C=N–C) groups is 1. The Morgan fingerprint density at radius 3 is 2.44 bits per heavy atom. The summed E-state index contributed by atoms with van der Waals surface area (Å²) in [4.78, 5) is 3.79. The molecule has 0 fully saturated rings. The van der Waals surface area contributed by atoms with E-state index in [1.54, 1.807) is 19.2 Å². The first kappa shape index (κ1) is 12.2. The zero-order valence-electron chi connectivity index (χ0n) is 8.58. The summed E-state index contributed by atoms with van der Waals surface area (Å²) in [5.41, 5.74) is 2.99. The number of guanidine groups is 1. The van der Waals surface area contributed by atoms with Gasteiger partial charge in [-0.2, -0.15) is 8.78 Å². The summed E-state index contributed by atoms with van der Waals surface area (Å²) in [5, 5.41) is 2.83. The molecule has 1 aromatic rings. The Morgan fingerprint density at radius 1 is 1.38 bits per heavy atom. The van der Waals surface area contributed by atoms with Gasteiger partial charge in [-0.15, -0.1) is 0 Å². The van der Waals surface area contributed by atoms with Crippen molar-refractivity contribution in [2.45, 2.75) is 6.61 Å². The van der Waals surface area contributed by atoms with Gasteiger partial charge in [0.05, 0.1) is 0 Å². The molecule has 5 nitrogen and oxygen atoms in total. The standard InChI is InChI=1S/C9H12F2N4O/c1-13-9(15-12)14-6-2-4-7(5-3-6)16-8(10)11/h2-5,8H,12H2,1H3,(H2,13,14,15). The maximum atomic E-state index is 11.9. The van der Waals surface area contributed by atoms with Gasteiger partial charge in [-0.05, 0) is 24.3 Å². The Bertz CT molecular complexity index is 353. The van der Waals surface area contributed by atoms with E-state index >= 15 is 0 Å². The third kappa shape index (κ3) is 3.70. The lowest BCUT2D eigenvalue weighted by atomic mass is 10.3. The molecule has 16 heavy (non-hydrogen) atoms. The van der Waals surface area contributed by atoms with Crippen molar-refractivity contribution in [2.24, 2.45) is 10.8 Å². The molecule has 0 aliphatic rings. The highest BCUT2D eigenvalue weighted by Crippen LogP contribution is 2.17. The van der Waals surface area contributed by atoms with E-state index in [2.05, 4.69) is 20.5 Å². The highest BCUT2D eigenvalue weighted by Gasteiger charge is 2.03. The number of halogens is 2. The lowest BCUT2D eigenvalue weighted by Crippen LogP contribution is -2.35. The van der Waals surface area contributed by atoms with Crippen LogP contribution in [-0.4, -0.2) is 19.6 Å². The number of nitrogens with one attached hydrogen (secondary N) is 2. The summed E-state index contributed by atoms with van der Waals surface area (Å²) >= 11 is 0. The quantitative estimate of drug-likeness (QED) is 0.315. The predicted octanol–water partition coefficient (Wildman–Crippen LogP) is 1.15. The minimum atomic E-state index is -2.82. The van der Waals surface area contributed by atoms with Crippen LogP contribution in [0.15, 0.2) is 29.3 Å². The normalized spacial score (nSPS) is 11.4. The fourth-order valence-electron chi connectivity index (χ4n) is 1.01. The summed E-state index contributed by atoms with van der Waals surface area (Å²) in [7, 11) is 1.55. The average molecular weight is 230 g/mol. The number of anilines is 1. The highest BCUT2D eigenvalue weighted by molar-refractivity contribution is 5.93. The van der Waals surface area contributed by atoms with Crippen LogP contribution in [0.3, 0.4) is 0 Å². The molecule has 0 heterocycles. The molecule has 88 valence electrons. The molecule has 1 aromatic carbocycles. The Hall–Kier alpha value is -1.89. The van der Waals surface area contributed by atoms with Crippen molar-refractivity contribution in [3.8, 4) is 5.75 Å². The summed E-state index contributed by atoms with van der Waals surface area (Å²) in [5.74, 6) is 5.62. The third-order valence-corrected chi connectivity index (χ3v) is 1.70. The largest absolute Gasteiger partial charge is 0.435 e. The summed E-state index contributed by atoms with van der Waals surface area (Å²) in [6.45, 7) is -2.82. The minimum Gasteiger partial charge on any atom is -0.435 e. The van der Waals surface area contributed by atoms with E-state index in [4.69, 9.17) is 5.84 Å².